The van der Waals surface area contributed by atoms with Crippen molar-refractivity contribution in [3.63, 3.8) is 0 Å². The Balaban J connectivity index is 2.05. The van der Waals surface area contributed by atoms with Gasteiger partial charge in [0.25, 0.3) is 5.56 Å². The summed E-state index contributed by atoms with van der Waals surface area (Å²) in [6.07, 6.45) is -2.11. The number of phosphoric acid groups is 1. The number of aliphatic hydroxyl groups is 1. The Morgan fingerprint density at radius 2 is 2.00 bits per heavy atom. The molecule has 0 amide bonds. The molecular formula is C22H35N2O12P. The summed E-state index contributed by atoms with van der Waals surface area (Å²) in [4.78, 5) is 60.1. The molecule has 1 fully saturated rings. The van der Waals surface area contributed by atoms with Crippen LogP contribution >= 0.6 is 7.82 Å². The summed E-state index contributed by atoms with van der Waals surface area (Å²) in [5.41, 5.74) is -1.09. The lowest BCUT2D eigenvalue weighted by molar-refractivity contribution is -0.163. The van der Waals surface area contributed by atoms with Gasteiger partial charge in [0.15, 0.2) is 6.10 Å². The maximum absolute atomic E-state index is 12.7. The standard InChI is InChI=1S/C22H35N2O12P/c1-5-7-19(26)34-15(11-32-21(28)13(3)6-2)12-33-37(30,31)36-16-8-18(35-17(16)10-25)24-9-14(4)20(27)23-22(24)29/h9,13,15-18,25H,5-8,10-12H2,1-4H3,(H,30,31)(H,23,27,29)/t13?,15?,16?,17-,18-/m1/s1. The number of hydrogen-bond acceptors (Lipinski definition) is 11. The fourth-order valence-electron chi connectivity index (χ4n) is 3.37. The number of phosphoric ester groups is 1. The van der Waals surface area contributed by atoms with Crippen LogP contribution in [0.1, 0.15) is 58.2 Å². The molecule has 15 heteroatoms. The topological polar surface area (TPSA) is 193 Å². The number of hydrogen-bond donors (Lipinski definition) is 3. The number of ether oxygens (including phenoxy) is 3. The first-order valence-electron chi connectivity index (χ1n) is 12.0. The number of aromatic amines is 1. The van der Waals surface area contributed by atoms with E-state index in [1.165, 1.54) is 13.1 Å². The molecule has 3 N–H and O–H groups in total. The number of rotatable bonds is 14. The molecule has 4 unspecified atom stereocenters. The first kappa shape index (κ1) is 30.9. The average molecular weight is 550 g/mol. The summed E-state index contributed by atoms with van der Waals surface area (Å²) < 4.78 is 39.9. The van der Waals surface area contributed by atoms with E-state index >= 15 is 0 Å². The van der Waals surface area contributed by atoms with Crippen molar-refractivity contribution in [2.45, 2.75) is 77.9 Å². The quantitative estimate of drug-likeness (QED) is 0.219. The van der Waals surface area contributed by atoms with E-state index in [0.717, 1.165) is 4.57 Å². The zero-order valence-electron chi connectivity index (χ0n) is 21.3. The van der Waals surface area contributed by atoms with Crippen LogP contribution in [0.5, 0.6) is 0 Å². The maximum atomic E-state index is 12.7. The first-order valence-corrected chi connectivity index (χ1v) is 13.5. The molecule has 0 bridgehead atoms. The SMILES string of the molecule is CCCC(=O)OC(COC(=O)C(C)CC)COP(=O)(O)OC1C[C@H](n2cc(C)c(=O)[nH]c2=O)O[C@@H]1CO. The molecule has 1 aromatic heterocycles. The van der Waals surface area contributed by atoms with Crippen molar-refractivity contribution >= 4 is 19.8 Å². The van der Waals surface area contributed by atoms with Crippen LogP contribution in [0.3, 0.4) is 0 Å². The molecule has 14 nitrogen and oxygen atoms in total. The van der Waals surface area contributed by atoms with Crippen LogP contribution in [0.25, 0.3) is 0 Å². The number of aliphatic hydroxyl groups excluding tert-OH is 1. The lowest BCUT2D eigenvalue weighted by Crippen LogP contribution is -2.33. The Bertz CT molecular complexity index is 1090. The van der Waals surface area contributed by atoms with Gasteiger partial charge in [-0.2, -0.15) is 0 Å². The Hall–Kier alpha value is -2.35. The second-order valence-electron chi connectivity index (χ2n) is 8.74. The van der Waals surface area contributed by atoms with Gasteiger partial charge < -0.3 is 24.2 Å². The van der Waals surface area contributed by atoms with Gasteiger partial charge in [-0.05, 0) is 19.8 Å². The number of aryl methyl sites for hydroxylation is 1. The lowest BCUT2D eigenvalue weighted by Gasteiger charge is -2.22. The Kier molecular flexibility index (Phi) is 11.7. The van der Waals surface area contributed by atoms with E-state index in [1.54, 1.807) is 20.8 Å². The predicted molar refractivity (Wildman–Crippen MR) is 128 cm³/mol. The fourth-order valence-corrected chi connectivity index (χ4v) is 4.35. The van der Waals surface area contributed by atoms with Crippen molar-refractivity contribution in [2.24, 2.45) is 5.92 Å². The molecule has 0 radical (unpaired) electrons. The second kappa shape index (κ2) is 14.0. The van der Waals surface area contributed by atoms with Gasteiger partial charge in [-0.15, -0.1) is 0 Å². The normalized spacial score (nSPS) is 22.7. The van der Waals surface area contributed by atoms with E-state index < -0.39 is 68.8 Å². The number of carbonyl (C=O) groups is 2. The second-order valence-corrected chi connectivity index (χ2v) is 10.1. The summed E-state index contributed by atoms with van der Waals surface area (Å²) in [5.74, 6) is -1.50. The maximum Gasteiger partial charge on any atom is 0.472 e. The lowest BCUT2D eigenvalue weighted by atomic mass is 10.1. The third kappa shape index (κ3) is 9.16. The molecule has 37 heavy (non-hydrogen) atoms. The van der Waals surface area contributed by atoms with Crippen molar-refractivity contribution in [1.82, 2.24) is 9.55 Å². The number of nitrogens with one attached hydrogen (secondary N) is 1. The van der Waals surface area contributed by atoms with E-state index in [9.17, 15) is 33.7 Å². The van der Waals surface area contributed by atoms with Crippen molar-refractivity contribution < 1.29 is 47.4 Å². The molecule has 2 rings (SSSR count). The van der Waals surface area contributed by atoms with Crippen LogP contribution in [0, 0.1) is 12.8 Å². The van der Waals surface area contributed by atoms with Crippen molar-refractivity contribution in [2.75, 3.05) is 19.8 Å². The van der Waals surface area contributed by atoms with Gasteiger partial charge in [-0.3, -0.25) is 33.0 Å². The van der Waals surface area contributed by atoms with Crippen LogP contribution in [-0.2, 0) is 37.4 Å². The molecule has 0 aliphatic carbocycles. The molecule has 0 aromatic carbocycles. The molecule has 0 spiro atoms. The molecule has 1 aliphatic rings. The summed E-state index contributed by atoms with van der Waals surface area (Å²) in [5, 5.41) is 9.65. The first-order chi connectivity index (χ1) is 17.4. The third-order valence-electron chi connectivity index (χ3n) is 5.69. The van der Waals surface area contributed by atoms with E-state index in [-0.39, 0.29) is 30.9 Å². The highest BCUT2D eigenvalue weighted by Gasteiger charge is 2.42. The summed E-state index contributed by atoms with van der Waals surface area (Å²) in [6.45, 7) is 5.13. The molecule has 210 valence electrons. The van der Waals surface area contributed by atoms with Crippen LogP contribution in [-0.4, -0.2) is 69.6 Å². The molecular weight excluding hydrogens is 515 g/mol. The average Bonchev–Trinajstić information content (AvgIpc) is 3.24. The largest absolute Gasteiger partial charge is 0.472 e. The van der Waals surface area contributed by atoms with E-state index in [0.29, 0.717) is 12.8 Å². The number of nitrogens with zero attached hydrogens (tertiary/aromatic N) is 1. The Labute approximate surface area is 213 Å². The third-order valence-corrected chi connectivity index (χ3v) is 6.70. The number of aromatic nitrogens is 2. The number of carbonyl (C=O) groups excluding carboxylic acids is 2. The number of esters is 2. The van der Waals surface area contributed by atoms with Gasteiger partial charge in [0, 0.05) is 24.6 Å². The van der Waals surface area contributed by atoms with Crippen molar-refractivity contribution in [3.05, 3.63) is 32.6 Å². The monoisotopic (exact) mass is 550 g/mol. The zero-order valence-corrected chi connectivity index (χ0v) is 22.2. The van der Waals surface area contributed by atoms with Crippen molar-refractivity contribution in [1.29, 1.82) is 0 Å². The van der Waals surface area contributed by atoms with Crippen LogP contribution in [0.2, 0.25) is 0 Å². The highest BCUT2D eigenvalue weighted by molar-refractivity contribution is 7.47. The van der Waals surface area contributed by atoms with Crippen LogP contribution in [0.4, 0.5) is 0 Å². The minimum atomic E-state index is -4.79. The van der Waals surface area contributed by atoms with Crippen LogP contribution < -0.4 is 11.2 Å². The molecule has 1 saturated heterocycles. The highest BCUT2D eigenvalue weighted by atomic mass is 31.2. The van der Waals surface area contributed by atoms with E-state index in [4.69, 9.17) is 23.3 Å². The predicted octanol–water partition coefficient (Wildman–Crippen LogP) is 0.928. The van der Waals surface area contributed by atoms with Gasteiger partial charge in [-0.25, -0.2) is 9.36 Å². The Morgan fingerprint density at radius 3 is 2.62 bits per heavy atom. The summed E-state index contributed by atoms with van der Waals surface area (Å²) in [7, 11) is -4.79. The fraction of sp³-hybridized carbons (Fsp3) is 0.727. The molecule has 1 aromatic rings. The smallest absolute Gasteiger partial charge is 0.461 e. The highest BCUT2D eigenvalue weighted by Crippen LogP contribution is 2.48. The van der Waals surface area contributed by atoms with Gasteiger partial charge in [-0.1, -0.05) is 20.8 Å². The number of H-pyrrole nitrogens is 1. The van der Waals surface area contributed by atoms with E-state index in [2.05, 4.69) is 4.98 Å². The Morgan fingerprint density at radius 1 is 1.30 bits per heavy atom. The summed E-state index contributed by atoms with van der Waals surface area (Å²) >= 11 is 0. The molecule has 1 aliphatic heterocycles. The van der Waals surface area contributed by atoms with E-state index in [1.807, 2.05) is 0 Å². The minimum absolute atomic E-state index is 0.0890. The van der Waals surface area contributed by atoms with Crippen LogP contribution in [0.15, 0.2) is 15.8 Å². The molecule has 2 heterocycles. The van der Waals surface area contributed by atoms with Gasteiger partial charge >= 0.3 is 25.5 Å². The minimum Gasteiger partial charge on any atom is -0.461 e. The zero-order chi connectivity index (χ0) is 27.8. The van der Waals surface area contributed by atoms with Gasteiger partial charge in [0.05, 0.1) is 19.1 Å². The molecule has 0 saturated carbocycles. The molecule has 6 atom stereocenters. The van der Waals surface area contributed by atoms with Gasteiger partial charge in [0.2, 0.25) is 0 Å². The van der Waals surface area contributed by atoms with Gasteiger partial charge in [0.1, 0.15) is 25.0 Å². The van der Waals surface area contributed by atoms with Crippen molar-refractivity contribution in [3.8, 4) is 0 Å². The summed E-state index contributed by atoms with van der Waals surface area (Å²) in [6, 6.07) is 0.